The number of anilines is 1. The number of benzene rings is 2. The van der Waals surface area contributed by atoms with Crippen LogP contribution in [0.2, 0.25) is 5.02 Å². The summed E-state index contributed by atoms with van der Waals surface area (Å²) in [5.41, 5.74) is 3.57. The van der Waals surface area contributed by atoms with Gasteiger partial charge in [0, 0.05) is 12.2 Å². The third-order valence-corrected chi connectivity index (χ3v) is 4.22. The van der Waals surface area contributed by atoms with Gasteiger partial charge in [0.1, 0.15) is 0 Å². The van der Waals surface area contributed by atoms with Crippen LogP contribution in [-0.2, 0) is 11.2 Å². The highest BCUT2D eigenvalue weighted by molar-refractivity contribution is 7.80. The van der Waals surface area contributed by atoms with E-state index in [0.29, 0.717) is 21.4 Å². The molecule has 2 rings (SSSR count). The second kappa shape index (κ2) is 9.39. The fourth-order valence-electron chi connectivity index (χ4n) is 2.41. The van der Waals surface area contributed by atoms with Crippen LogP contribution in [-0.4, -0.2) is 24.7 Å². The molecular formula is C19H21ClN2O2S. The van der Waals surface area contributed by atoms with Crippen LogP contribution in [0.3, 0.4) is 0 Å². The minimum absolute atomic E-state index is 0.302. The number of rotatable bonds is 6. The van der Waals surface area contributed by atoms with Gasteiger partial charge in [0.25, 0.3) is 0 Å². The summed E-state index contributed by atoms with van der Waals surface area (Å²) in [6.07, 6.45) is 1.96. The Labute approximate surface area is 158 Å². The summed E-state index contributed by atoms with van der Waals surface area (Å²) < 4.78 is 4.71. The lowest BCUT2D eigenvalue weighted by atomic mass is 10.1. The number of thiocarbonyl (C=S) groups is 1. The Morgan fingerprint density at radius 1 is 1.24 bits per heavy atom. The van der Waals surface area contributed by atoms with Crippen LogP contribution in [0.15, 0.2) is 42.5 Å². The van der Waals surface area contributed by atoms with E-state index in [1.165, 1.54) is 18.2 Å². The van der Waals surface area contributed by atoms with Crippen molar-refractivity contribution in [2.24, 2.45) is 0 Å². The zero-order chi connectivity index (χ0) is 18.2. The summed E-state index contributed by atoms with van der Waals surface area (Å²) in [5.74, 6) is -0.481. The number of carbonyl (C=O) groups excluding carboxylic acids is 1. The van der Waals surface area contributed by atoms with Crippen molar-refractivity contribution >= 4 is 40.6 Å². The minimum atomic E-state index is -0.481. The van der Waals surface area contributed by atoms with Gasteiger partial charge in [-0.25, -0.2) is 4.79 Å². The summed E-state index contributed by atoms with van der Waals surface area (Å²) in [4.78, 5) is 11.7. The maximum atomic E-state index is 11.7. The van der Waals surface area contributed by atoms with Crippen molar-refractivity contribution in [3.63, 3.8) is 0 Å². The van der Waals surface area contributed by atoms with Gasteiger partial charge in [-0.05, 0) is 55.7 Å². The van der Waals surface area contributed by atoms with Crippen LogP contribution >= 0.6 is 23.8 Å². The first-order valence-corrected chi connectivity index (χ1v) is 8.76. The minimum Gasteiger partial charge on any atom is -0.465 e. The average molecular weight is 377 g/mol. The Kier molecular flexibility index (Phi) is 7.22. The van der Waals surface area contributed by atoms with E-state index >= 15 is 0 Å². The fourth-order valence-corrected chi connectivity index (χ4v) is 2.82. The van der Waals surface area contributed by atoms with Crippen LogP contribution in [0.4, 0.5) is 5.69 Å². The molecule has 0 saturated carbocycles. The van der Waals surface area contributed by atoms with Crippen LogP contribution in [0.25, 0.3) is 0 Å². The number of carbonyl (C=O) groups is 1. The van der Waals surface area contributed by atoms with Gasteiger partial charge >= 0.3 is 5.97 Å². The summed E-state index contributed by atoms with van der Waals surface area (Å²) in [5, 5.41) is 7.06. The second-order valence-corrected chi connectivity index (χ2v) is 6.48. The molecule has 0 aromatic heterocycles. The molecule has 0 fully saturated rings. The standard InChI is InChI=1S/C19H21ClN2O2S/c1-13-5-3-6-14(11-13)7-4-10-21-19(25)22-15-8-9-17(20)16(12-15)18(23)24-2/h3,5-6,8-9,11-12H,4,7,10H2,1-2H3,(H2,21,22,25). The molecule has 0 aliphatic rings. The van der Waals surface area contributed by atoms with E-state index in [-0.39, 0.29) is 0 Å². The Hall–Kier alpha value is -2.11. The summed E-state index contributed by atoms with van der Waals surface area (Å²) in [6, 6.07) is 13.5. The molecule has 2 N–H and O–H groups in total. The third kappa shape index (κ3) is 6.03. The first-order chi connectivity index (χ1) is 12.0. The number of hydrogen-bond donors (Lipinski definition) is 2. The smallest absolute Gasteiger partial charge is 0.339 e. The molecule has 25 heavy (non-hydrogen) atoms. The van der Waals surface area contributed by atoms with Crippen molar-refractivity contribution < 1.29 is 9.53 Å². The maximum Gasteiger partial charge on any atom is 0.339 e. The predicted octanol–water partition coefficient (Wildman–Crippen LogP) is 4.35. The largest absolute Gasteiger partial charge is 0.465 e. The van der Waals surface area contributed by atoms with Gasteiger partial charge in [-0.2, -0.15) is 0 Å². The van der Waals surface area contributed by atoms with Crippen molar-refractivity contribution in [1.29, 1.82) is 0 Å². The SMILES string of the molecule is COC(=O)c1cc(NC(=S)NCCCc2cccc(C)c2)ccc1Cl. The Morgan fingerprint density at radius 3 is 2.76 bits per heavy atom. The molecule has 0 aliphatic heterocycles. The normalized spacial score (nSPS) is 10.2. The summed E-state index contributed by atoms with van der Waals surface area (Å²) in [7, 11) is 1.32. The zero-order valence-electron chi connectivity index (χ0n) is 14.3. The maximum absolute atomic E-state index is 11.7. The fraction of sp³-hybridized carbons (Fsp3) is 0.263. The summed E-state index contributed by atoms with van der Waals surface area (Å²) >= 11 is 11.3. The van der Waals surface area contributed by atoms with Crippen molar-refractivity contribution in [3.05, 3.63) is 64.2 Å². The lowest BCUT2D eigenvalue weighted by molar-refractivity contribution is 0.0601. The van der Waals surface area contributed by atoms with Crippen molar-refractivity contribution in [2.75, 3.05) is 19.0 Å². The average Bonchev–Trinajstić information content (AvgIpc) is 2.60. The van der Waals surface area contributed by atoms with E-state index < -0.39 is 5.97 Å². The van der Waals surface area contributed by atoms with Crippen molar-refractivity contribution in [1.82, 2.24) is 5.32 Å². The van der Waals surface area contributed by atoms with Gasteiger partial charge in [0.05, 0.1) is 17.7 Å². The molecule has 0 radical (unpaired) electrons. The van der Waals surface area contributed by atoms with Gasteiger partial charge in [-0.1, -0.05) is 41.4 Å². The molecule has 0 amide bonds. The Morgan fingerprint density at radius 2 is 2.04 bits per heavy atom. The molecule has 2 aromatic rings. The molecule has 0 saturated heterocycles. The van der Waals surface area contributed by atoms with Crippen LogP contribution in [0, 0.1) is 6.92 Å². The number of esters is 1. The molecule has 0 aliphatic carbocycles. The molecule has 0 bridgehead atoms. The predicted molar refractivity (Wildman–Crippen MR) is 107 cm³/mol. The van der Waals surface area contributed by atoms with Gasteiger partial charge in [-0.15, -0.1) is 0 Å². The van der Waals surface area contributed by atoms with Crippen LogP contribution in [0.1, 0.15) is 27.9 Å². The van der Waals surface area contributed by atoms with E-state index in [2.05, 4.69) is 41.8 Å². The Balaban J connectivity index is 1.81. The molecule has 0 unspecified atom stereocenters. The van der Waals surface area contributed by atoms with Crippen molar-refractivity contribution in [3.8, 4) is 0 Å². The van der Waals surface area contributed by atoms with Gasteiger partial charge in [0.2, 0.25) is 0 Å². The molecule has 0 atom stereocenters. The second-order valence-electron chi connectivity index (χ2n) is 5.66. The highest BCUT2D eigenvalue weighted by Gasteiger charge is 2.11. The zero-order valence-corrected chi connectivity index (χ0v) is 15.8. The van der Waals surface area contributed by atoms with Crippen LogP contribution < -0.4 is 10.6 Å². The first kappa shape index (κ1) is 19.2. The van der Waals surface area contributed by atoms with E-state index in [9.17, 15) is 4.79 Å². The highest BCUT2D eigenvalue weighted by Crippen LogP contribution is 2.21. The monoisotopic (exact) mass is 376 g/mol. The van der Waals surface area contributed by atoms with Gasteiger partial charge in [-0.3, -0.25) is 0 Å². The molecule has 0 spiro atoms. The van der Waals surface area contributed by atoms with E-state index in [0.717, 1.165) is 19.4 Å². The number of ether oxygens (including phenoxy) is 1. The van der Waals surface area contributed by atoms with Gasteiger partial charge < -0.3 is 15.4 Å². The number of aryl methyl sites for hydroxylation is 2. The van der Waals surface area contributed by atoms with E-state index in [1.807, 2.05) is 0 Å². The van der Waals surface area contributed by atoms with Crippen LogP contribution in [0.5, 0.6) is 0 Å². The molecule has 4 nitrogen and oxygen atoms in total. The number of methoxy groups -OCH3 is 1. The summed E-state index contributed by atoms with van der Waals surface area (Å²) in [6.45, 7) is 2.85. The highest BCUT2D eigenvalue weighted by atomic mass is 35.5. The Bertz CT molecular complexity index is 765. The molecule has 6 heteroatoms. The molecular weight excluding hydrogens is 356 g/mol. The first-order valence-electron chi connectivity index (χ1n) is 7.98. The molecule has 0 heterocycles. The lowest BCUT2D eigenvalue weighted by Gasteiger charge is -2.12. The van der Waals surface area contributed by atoms with E-state index in [4.69, 9.17) is 28.6 Å². The number of halogens is 1. The number of hydrogen-bond acceptors (Lipinski definition) is 3. The number of nitrogens with one attached hydrogen (secondary N) is 2. The van der Waals surface area contributed by atoms with Crippen molar-refractivity contribution in [2.45, 2.75) is 19.8 Å². The quantitative estimate of drug-likeness (QED) is 0.446. The molecule has 132 valence electrons. The molecule has 2 aromatic carbocycles. The van der Waals surface area contributed by atoms with Gasteiger partial charge in [0.15, 0.2) is 5.11 Å². The third-order valence-electron chi connectivity index (χ3n) is 3.64. The topological polar surface area (TPSA) is 50.4 Å². The lowest BCUT2D eigenvalue weighted by Crippen LogP contribution is -2.29. The van der Waals surface area contributed by atoms with E-state index in [1.54, 1.807) is 18.2 Å².